The van der Waals surface area contributed by atoms with Crippen molar-refractivity contribution in [3.63, 3.8) is 0 Å². The Kier molecular flexibility index (Phi) is 6.22. The SMILES string of the molecule is O=C(Nc1cc(-c2cn3ccnc3cn2)cc2c1[C@H](c1cc(F)ccc1Cl)NC2=O)c1cc(F)cc(C(F)(F)F)c1. The predicted molar refractivity (Wildman–Crippen MR) is 138 cm³/mol. The van der Waals surface area contributed by atoms with Crippen LogP contribution in [0.25, 0.3) is 16.9 Å². The Morgan fingerprint density at radius 2 is 1.83 bits per heavy atom. The van der Waals surface area contributed by atoms with Crippen LogP contribution >= 0.6 is 11.6 Å². The molecule has 0 spiro atoms. The smallest absolute Gasteiger partial charge is 0.341 e. The number of amides is 2. The van der Waals surface area contributed by atoms with Crippen molar-refractivity contribution in [1.82, 2.24) is 19.7 Å². The maximum atomic E-state index is 14.2. The zero-order valence-corrected chi connectivity index (χ0v) is 21.2. The highest BCUT2D eigenvalue weighted by Crippen LogP contribution is 2.42. The van der Waals surface area contributed by atoms with Gasteiger partial charge in [0, 0.05) is 57.1 Å². The number of fused-ring (bicyclic) bond motifs is 2. The minimum atomic E-state index is -4.90. The van der Waals surface area contributed by atoms with Crippen molar-refractivity contribution in [1.29, 1.82) is 0 Å². The molecule has 5 aromatic rings. The molecule has 3 aromatic carbocycles. The number of nitrogens with one attached hydrogen (secondary N) is 2. The third-order valence-electron chi connectivity index (χ3n) is 6.57. The molecule has 0 fully saturated rings. The Hall–Kier alpha value is -4.84. The van der Waals surface area contributed by atoms with Crippen molar-refractivity contribution in [2.24, 2.45) is 0 Å². The van der Waals surface area contributed by atoms with Crippen LogP contribution in [-0.2, 0) is 6.18 Å². The standard InChI is InChI=1S/C28H15ClF5N5O2/c29-20-2-1-16(30)10-18(20)25-24-19(27(41)38-25)7-13(22-12-39-4-3-35-23(39)11-36-22)8-21(24)37-26(40)14-5-15(28(32,33)34)9-17(31)6-14/h1-12,25H,(H,37,40)(H,38,41)/t25-/m0/s1. The van der Waals surface area contributed by atoms with E-state index in [1.54, 1.807) is 23.0 Å². The van der Waals surface area contributed by atoms with Crippen LogP contribution in [0.4, 0.5) is 27.6 Å². The normalized spacial score (nSPS) is 14.7. The van der Waals surface area contributed by atoms with Gasteiger partial charge in [-0.3, -0.25) is 14.6 Å². The minimum Gasteiger partial charge on any atom is -0.341 e. The summed E-state index contributed by atoms with van der Waals surface area (Å²) in [5.74, 6) is -3.54. The number of hydrogen-bond donors (Lipinski definition) is 2. The summed E-state index contributed by atoms with van der Waals surface area (Å²) in [5, 5.41) is 5.35. The maximum Gasteiger partial charge on any atom is 0.416 e. The molecular formula is C28H15ClF5N5O2. The van der Waals surface area contributed by atoms with Gasteiger partial charge in [-0.2, -0.15) is 13.2 Å². The molecule has 0 aliphatic carbocycles. The van der Waals surface area contributed by atoms with Gasteiger partial charge >= 0.3 is 6.18 Å². The van der Waals surface area contributed by atoms with E-state index in [9.17, 15) is 31.5 Å². The lowest BCUT2D eigenvalue weighted by atomic mass is 9.93. The van der Waals surface area contributed by atoms with E-state index < -0.39 is 46.8 Å². The van der Waals surface area contributed by atoms with E-state index in [0.29, 0.717) is 29.0 Å². The lowest BCUT2D eigenvalue weighted by Gasteiger charge is -2.19. The van der Waals surface area contributed by atoms with E-state index in [0.717, 1.165) is 12.1 Å². The highest BCUT2D eigenvalue weighted by atomic mass is 35.5. The highest BCUT2D eigenvalue weighted by Gasteiger charge is 2.36. The number of halogens is 6. The van der Waals surface area contributed by atoms with E-state index in [1.807, 2.05) is 0 Å². The Bertz CT molecular complexity index is 1890. The summed E-state index contributed by atoms with van der Waals surface area (Å²) in [6.45, 7) is 0. The van der Waals surface area contributed by atoms with E-state index in [4.69, 9.17) is 11.6 Å². The molecule has 6 rings (SSSR count). The Morgan fingerprint density at radius 1 is 1.02 bits per heavy atom. The lowest BCUT2D eigenvalue weighted by molar-refractivity contribution is -0.137. The second-order valence-electron chi connectivity index (χ2n) is 9.20. The number of benzene rings is 3. The predicted octanol–water partition coefficient (Wildman–Crippen LogP) is 6.43. The second-order valence-corrected chi connectivity index (χ2v) is 9.61. The summed E-state index contributed by atoms with van der Waals surface area (Å²) >= 11 is 6.32. The van der Waals surface area contributed by atoms with Gasteiger partial charge in [0.05, 0.1) is 23.5 Å². The van der Waals surface area contributed by atoms with Gasteiger partial charge in [0.2, 0.25) is 0 Å². The average Bonchev–Trinajstić information content (AvgIpc) is 3.53. The van der Waals surface area contributed by atoms with Crippen LogP contribution in [0.1, 0.15) is 43.4 Å². The first-order valence-corrected chi connectivity index (χ1v) is 12.3. The number of nitrogens with zero attached hydrogens (tertiary/aromatic N) is 3. The fourth-order valence-electron chi connectivity index (χ4n) is 4.71. The Balaban J connectivity index is 1.51. The van der Waals surface area contributed by atoms with Gasteiger partial charge in [-0.15, -0.1) is 0 Å². The monoisotopic (exact) mass is 583 g/mol. The quantitative estimate of drug-likeness (QED) is 0.239. The Morgan fingerprint density at radius 3 is 2.61 bits per heavy atom. The van der Waals surface area contributed by atoms with Crippen LogP contribution < -0.4 is 10.6 Å². The van der Waals surface area contributed by atoms with Crippen molar-refractivity contribution in [2.75, 3.05) is 5.32 Å². The van der Waals surface area contributed by atoms with Gasteiger partial charge in [0.25, 0.3) is 11.8 Å². The molecule has 2 N–H and O–H groups in total. The van der Waals surface area contributed by atoms with Crippen LogP contribution in [0.5, 0.6) is 0 Å². The molecule has 41 heavy (non-hydrogen) atoms. The van der Waals surface area contributed by atoms with Crippen molar-refractivity contribution < 1.29 is 31.5 Å². The first-order valence-electron chi connectivity index (χ1n) is 11.9. The Labute approximate surface area is 232 Å². The van der Waals surface area contributed by atoms with Crippen LogP contribution in [0.2, 0.25) is 5.02 Å². The van der Waals surface area contributed by atoms with Gasteiger partial charge in [-0.1, -0.05) is 11.6 Å². The van der Waals surface area contributed by atoms with Crippen LogP contribution in [-0.4, -0.2) is 26.2 Å². The molecule has 0 unspecified atom stereocenters. The van der Waals surface area contributed by atoms with Crippen molar-refractivity contribution >= 4 is 34.7 Å². The number of hydrogen-bond acceptors (Lipinski definition) is 4. The summed E-state index contributed by atoms with van der Waals surface area (Å²) in [5.41, 5.74) is -0.199. The summed E-state index contributed by atoms with van der Waals surface area (Å²) in [7, 11) is 0. The lowest BCUT2D eigenvalue weighted by Crippen LogP contribution is -2.21. The first-order chi connectivity index (χ1) is 19.5. The van der Waals surface area contributed by atoms with E-state index in [1.165, 1.54) is 24.4 Å². The number of anilines is 1. The van der Waals surface area contributed by atoms with Crippen molar-refractivity contribution in [3.8, 4) is 11.3 Å². The summed E-state index contributed by atoms with van der Waals surface area (Å²) in [6.07, 6.45) is 1.45. The molecule has 3 heterocycles. The molecule has 0 radical (unpaired) electrons. The van der Waals surface area contributed by atoms with Gasteiger partial charge < -0.3 is 15.0 Å². The molecule has 206 valence electrons. The molecule has 0 bridgehead atoms. The fraction of sp³-hybridized carbons (Fsp3) is 0.0714. The maximum absolute atomic E-state index is 14.2. The summed E-state index contributed by atoms with van der Waals surface area (Å²) in [4.78, 5) is 34.8. The number of rotatable bonds is 4. The topological polar surface area (TPSA) is 88.4 Å². The minimum absolute atomic E-state index is 0.00322. The van der Waals surface area contributed by atoms with Crippen molar-refractivity contribution in [2.45, 2.75) is 12.2 Å². The van der Waals surface area contributed by atoms with E-state index >= 15 is 0 Å². The van der Waals surface area contributed by atoms with Crippen LogP contribution in [0.3, 0.4) is 0 Å². The van der Waals surface area contributed by atoms with Crippen LogP contribution in [0.15, 0.2) is 73.3 Å². The van der Waals surface area contributed by atoms with E-state index in [-0.39, 0.29) is 33.5 Å². The molecule has 0 saturated carbocycles. The zero-order chi connectivity index (χ0) is 29.1. The number of aromatic nitrogens is 3. The number of alkyl halides is 3. The molecule has 7 nitrogen and oxygen atoms in total. The molecule has 1 atom stereocenters. The van der Waals surface area contributed by atoms with Crippen molar-refractivity contribution in [3.05, 3.63) is 118 Å². The molecule has 2 amide bonds. The average molecular weight is 584 g/mol. The molecule has 1 aliphatic heterocycles. The fourth-order valence-corrected chi connectivity index (χ4v) is 4.93. The number of imidazole rings is 1. The van der Waals surface area contributed by atoms with Gasteiger partial charge in [0.1, 0.15) is 11.6 Å². The number of carbonyl (C=O) groups excluding carboxylic acids is 2. The molecule has 1 aliphatic rings. The van der Waals surface area contributed by atoms with Gasteiger partial charge in [-0.05, 0) is 48.5 Å². The van der Waals surface area contributed by atoms with E-state index in [2.05, 4.69) is 20.6 Å². The third kappa shape index (κ3) is 4.86. The van der Waals surface area contributed by atoms with Gasteiger partial charge in [-0.25, -0.2) is 13.8 Å². The van der Waals surface area contributed by atoms with Crippen LogP contribution in [0, 0.1) is 11.6 Å². The summed E-state index contributed by atoms with van der Waals surface area (Å²) in [6, 6.07) is 6.97. The molecule has 0 saturated heterocycles. The summed E-state index contributed by atoms with van der Waals surface area (Å²) < 4.78 is 69.8. The second kappa shape index (κ2) is 9.66. The number of carbonyl (C=O) groups is 2. The molecule has 2 aromatic heterocycles. The third-order valence-corrected chi connectivity index (χ3v) is 6.91. The first kappa shape index (κ1) is 26.4. The zero-order valence-electron chi connectivity index (χ0n) is 20.4. The van der Waals surface area contributed by atoms with Gasteiger partial charge in [0.15, 0.2) is 5.65 Å². The molecular weight excluding hydrogens is 569 g/mol. The largest absolute Gasteiger partial charge is 0.416 e. The highest BCUT2D eigenvalue weighted by molar-refractivity contribution is 6.31. The molecule has 13 heteroatoms.